The van der Waals surface area contributed by atoms with Crippen molar-refractivity contribution in [1.29, 1.82) is 0 Å². The van der Waals surface area contributed by atoms with Gasteiger partial charge in [-0.25, -0.2) is 13.1 Å². The van der Waals surface area contributed by atoms with Crippen molar-refractivity contribution in [2.45, 2.75) is 23.4 Å². The molecular formula is C15H13ClN4O2S. The van der Waals surface area contributed by atoms with Gasteiger partial charge in [0.1, 0.15) is 0 Å². The molecule has 0 heterocycles. The molecule has 23 heavy (non-hydrogen) atoms. The van der Waals surface area contributed by atoms with Crippen LogP contribution < -0.4 is 4.72 Å². The Morgan fingerprint density at radius 3 is 2.57 bits per heavy atom. The predicted octanol–water partition coefficient (Wildman–Crippen LogP) is 3.59. The average molecular weight is 349 g/mol. The van der Waals surface area contributed by atoms with Gasteiger partial charge in [-0.05, 0) is 47.3 Å². The summed E-state index contributed by atoms with van der Waals surface area (Å²) in [6, 6.07) is 12.3. The van der Waals surface area contributed by atoms with Gasteiger partial charge >= 0.3 is 0 Å². The first-order valence-electron chi connectivity index (χ1n) is 6.91. The molecule has 0 saturated heterocycles. The van der Waals surface area contributed by atoms with Crippen molar-refractivity contribution in [3.63, 3.8) is 0 Å². The van der Waals surface area contributed by atoms with Crippen LogP contribution in [0.15, 0.2) is 58.5 Å². The van der Waals surface area contributed by atoms with Gasteiger partial charge in [0.05, 0.1) is 10.9 Å². The van der Waals surface area contributed by atoms with Crippen LogP contribution in [0, 0.1) is 0 Å². The molecule has 2 aromatic rings. The Hall–Kier alpha value is -2.05. The third-order valence-electron chi connectivity index (χ3n) is 3.80. The lowest BCUT2D eigenvalue weighted by molar-refractivity contribution is 0.513. The van der Waals surface area contributed by atoms with Crippen molar-refractivity contribution in [3.05, 3.63) is 75.1 Å². The standard InChI is InChI=1S/C15H13ClN4O2S/c16-11-5-7-12(8-6-11)23(21,22)19-14-9-10-3-1-2-4-13(10)15(14)18-20-17/h1-8,14-15,19H,9H2/t14-,15-/m0/s1. The molecule has 0 radical (unpaired) electrons. The number of nitrogens with one attached hydrogen (secondary N) is 1. The number of hydrogen-bond acceptors (Lipinski definition) is 3. The molecule has 1 aliphatic carbocycles. The van der Waals surface area contributed by atoms with Crippen molar-refractivity contribution >= 4 is 21.6 Å². The molecular weight excluding hydrogens is 336 g/mol. The fraction of sp³-hybridized carbons (Fsp3) is 0.200. The third-order valence-corrected chi connectivity index (χ3v) is 5.56. The third kappa shape index (κ3) is 3.18. The van der Waals surface area contributed by atoms with Crippen molar-refractivity contribution in [1.82, 2.24) is 4.72 Å². The number of nitrogens with zero attached hydrogens (tertiary/aromatic N) is 3. The fourth-order valence-electron chi connectivity index (χ4n) is 2.76. The molecule has 1 N–H and O–H groups in total. The Bertz CT molecular complexity index is 877. The van der Waals surface area contributed by atoms with Crippen LogP contribution in [0.4, 0.5) is 0 Å². The lowest BCUT2D eigenvalue weighted by Crippen LogP contribution is -2.37. The first-order chi connectivity index (χ1) is 11.0. The summed E-state index contributed by atoms with van der Waals surface area (Å²) in [6.07, 6.45) is 0.479. The molecule has 0 bridgehead atoms. The number of benzene rings is 2. The molecule has 2 aromatic carbocycles. The highest BCUT2D eigenvalue weighted by atomic mass is 35.5. The van der Waals surface area contributed by atoms with E-state index >= 15 is 0 Å². The number of fused-ring (bicyclic) bond motifs is 1. The van der Waals surface area contributed by atoms with Crippen LogP contribution in [0.2, 0.25) is 5.02 Å². The summed E-state index contributed by atoms with van der Waals surface area (Å²) < 4.78 is 27.7. The second kappa shape index (κ2) is 6.22. The SMILES string of the molecule is [N-]=[N+]=N[C@H]1c2ccccc2C[C@@H]1NS(=O)(=O)c1ccc(Cl)cc1. The predicted molar refractivity (Wildman–Crippen MR) is 87.6 cm³/mol. The van der Waals surface area contributed by atoms with Crippen LogP contribution in [0.5, 0.6) is 0 Å². The zero-order valence-corrected chi connectivity index (χ0v) is 13.5. The molecule has 1 aliphatic rings. The van der Waals surface area contributed by atoms with Crippen molar-refractivity contribution in [2.24, 2.45) is 5.11 Å². The molecule has 8 heteroatoms. The van der Waals surface area contributed by atoms with E-state index in [2.05, 4.69) is 14.7 Å². The van der Waals surface area contributed by atoms with Gasteiger partial charge in [0, 0.05) is 16.0 Å². The fourth-order valence-corrected chi connectivity index (χ4v) is 4.13. The Balaban J connectivity index is 1.90. The van der Waals surface area contributed by atoms with Gasteiger partial charge in [-0.3, -0.25) is 0 Å². The van der Waals surface area contributed by atoms with E-state index in [-0.39, 0.29) is 4.90 Å². The monoisotopic (exact) mass is 348 g/mol. The van der Waals surface area contributed by atoms with Gasteiger partial charge in [0.25, 0.3) is 0 Å². The maximum absolute atomic E-state index is 12.5. The van der Waals surface area contributed by atoms with E-state index in [1.807, 2.05) is 24.3 Å². The van der Waals surface area contributed by atoms with E-state index in [0.29, 0.717) is 11.4 Å². The average Bonchev–Trinajstić information content (AvgIpc) is 2.85. The maximum Gasteiger partial charge on any atom is 0.240 e. The molecule has 6 nitrogen and oxygen atoms in total. The molecule has 0 aromatic heterocycles. The lowest BCUT2D eigenvalue weighted by Gasteiger charge is -2.17. The summed E-state index contributed by atoms with van der Waals surface area (Å²) in [4.78, 5) is 2.98. The minimum absolute atomic E-state index is 0.123. The Morgan fingerprint density at radius 1 is 1.17 bits per heavy atom. The Morgan fingerprint density at radius 2 is 1.87 bits per heavy atom. The molecule has 118 valence electrons. The first-order valence-corrected chi connectivity index (χ1v) is 8.77. The van der Waals surface area contributed by atoms with Crippen LogP contribution in [-0.2, 0) is 16.4 Å². The lowest BCUT2D eigenvalue weighted by atomic mass is 10.1. The minimum Gasteiger partial charge on any atom is -0.207 e. The number of hydrogen-bond donors (Lipinski definition) is 1. The number of halogens is 1. The first kappa shape index (κ1) is 15.8. The summed E-state index contributed by atoms with van der Waals surface area (Å²) in [6.45, 7) is 0. The normalized spacial score (nSPS) is 19.9. The Labute approximate surface area is 138 Å². The zero-order valence-electron chi connectivity index (χ0n) is 11.9. The molecule has 0 aliphatic heterocycles. The minimum atomic E-state index is -3.72. The van der Waals surface area contributed by atoms with E-state index in [9.17, 15) is 8.42 Å². The van der Waals surface area contributed by atoms with Crippen LogP contribution in [0.25, 0.3) is 10.4 Å². The van der Waals surface area contributed by atoms with E-state index < -0.39 is 22.1 Å². The van der Waals surface area contributed by atoms with E-state index in [1.54, 1.807) is 0 Å². The molecule has 0 amide bonds. The molecule has 0 saturated carbocycles. The summed E-state index contributed by atoms with van der Waals surface area (Å²) >= 11 is 5.79. The summed E-state index contributed by atoms with van der Waals surface area (Å²) in [5, 5.41) is 4.23. The van der Waals surface area contributed by atoms with Crippen LogP contribution >= 0.6 is 11.6 Å². The highest BCUT2D eigenvalue weighted by Gasteiger charge is 2.34. The number of sulfonamides is 1. The zero-order chi connectivity index (χ0) is 16.4. The van der Waals surface area contributed by atoms with Gasteiger partial charge in [0.15, 0.2) is 0 Å². The van der Waals surface area contributed by atoms with Crippen molar-refractivity contribution < 1.29 is 8.42 Å². The summed E-state index contributed by atoms with van der Waals surface area (Å²) in [5.74, 6) is 0. The number of azide groups is 1. The van der Waals surface area contributed by atoms with E-state index in [0.717, 1.165) is 11.1 Å². The highest BCUT2D eigenvalue weighted by molar-refractivity contribution is 7.89. The molecule has 0 unspecified atom stereocenters. The quantitative estimate of drug-likeness (QED) is 0.519. The molecule has 0 spiro atoms. The maximum atomic E-state index is 12.5. The van der Waals surface area contributed by atoms with Crippen LogP contribution in [-0.4, -0.2) is 14.5 Å². The van der Waals surface area contributed by atoms with Crippen LogP contribution in [0.3, 0.4) is 0 Å². The van der Waals surface area contributed by atoms with Crippen LogP contribution in [0.1, 0.15) is 17.2 Å². The van der Waals surface area contributed by atoms with Gasteiger partial charge in [0.2, 0.25) is 10.0 Å². The largest absolute Gasteiger partial charge is 0.240 e. The Kier molecular flexibility index (Phi) is 4.28. The molecule has 2 atom stereocenters. The van der Waals surface area contributed by atoms with E-state index in [1.165, 1.54) is 24.3 Å². The van der Waals surface area contributed by atoms with E-state index in [4.69, 9.17) is 17.1 Å². The smallest absolute Gasteiger partial charge is 0.207 e. The topological polar surface area (TPSA) is 94.9 Å². The van der Waals surface area contributed by atoms with Crippen molar-refractivity contribution in [2.75, 3.05) is 0 Å². The van der Waals surface area contributed by atoms with Gasteiger partial charge in [-0.1, -0.05) is 41.0 Å². The van der Waals surface area contributed by atoms with Gasteiger partial charge in [-0.15, -0.1) is 0 Å². The summed E-state index contributed by atoms with van der Waals surface area (Å²) in [7, 11) is -3.72. The highest BCUT2D eigenvalue weighted by Crippen LogP contribution is 2.35. The molecule has 0 fully saturated rings. The van der Waals surface area contributed by atoms with Gasteiger partial charge < -0.3 is 0 Å². The van der Waals surface area contributed by atoms with Gasteiger partial charge in [-0.2, -0.15) is 0 Å². The second-order valence-corrected chi connectivity index (χ2v) is 7.38. The molecule has 3 rings (SSSR count). The number of rotatable bonds is 4. The van der Waals surface area contributed by atoms with Crippen molar-refractivity contribution in [3.8, 4) is 0 Å². The summed E-state index contributed by atoms with van der Waals surface area (Å²) in [5.41, 5.74) is 10.6. The second-order valence-electron chi connectivity index (χ2n) is 5.23.